The van der Waals surface area contributed by atoms with E-state index in [9.17, 15) is 9.59 Å². The van der Waals surface area contributed by atoms with Crippen molar-refractivity contribution in [3.8, 4) is 0 Å². The van der Waals surface area contributed by atoms with Gasteiger partial charge in [-0.25, -0.2) is 0 Å². The molecule has 1 fully saturated rings. The van der Waals surface area contributed by atoms with Crippen LogP contribution in [0.4, 0.5) is 0 Å². The topological polar surface area (TPSA) is 70.2 Å². The molecule has 19 heavy (non-hydrogen) atoms. The molecule has 108 valence electrons. The molecule has 0 bridgehead atoms. The second kappa shape index (κ2) is 6.84. The van der Waals surface area contributed by atoms with E-state index in [1.165, 1.54) is 12.8 Å². The quantitative estimate of drug-likeness (QED) is 0.676. The first kappa shape index (κ1) is 15.9. The van der Waals surface area contributed by atoms with E-state index in [2.05, 4.69) is 16.0 Å². The third-order valence-corrected chi connectivity index (χ3v) is 3.73. The first-order valence-corrected chi connectivity index (χ1v) is 7.10. The highest BCUT2D eigenvalue weighted by molar-refractivity contribution is 7.80. The summed E-state index contributed by atoms with van der Waals surface area (Å²) in [6, 6.07) is 0. The zero-order chi connectivity index (χ0) is 14.5. The summed E-state index contributed by atoms with van der Waals surface area (Å²) in [6.45, 7) is 3.35. The highest BCUT2D eigenvalue weighted by Gasteiger charge is 2.31. The Morgan fingerprint density at radius 3 is 2.37 bits per heavy atom. The monoisotopic (exact) mass is 285 g/mol. The van der Waals surface area contributed by atoms with E-state index in [0.29, 0.717) is 12.3 Å². The summed E-state index contributed by atoms with van der Waals surface area (Å²) in [5, 5.41) is 8.23. The minimum absolute atomic E-state index is 0.0672. The summed E-state index contributed by atoms with van der Waals surface area (Å²) in [5.74, 6) is 0.0892. The van der Waals surface area contributed by atoms with Crippen LogP contribution in [0.5, 0.6) is 0 Å². The Balaban J connectivity index is 2.45. The fourth-order valence-corrected chi connectivity index (χ4v) is 2.35. The van der Waals surface area contributed by atoms with Crippen LogP contribution in [0.1, 0.15) is 46.0 Å². The standard InChI is InChI=1S/C13H23N3O2S/c1-13(2,11(18)15-12(19)14-3)16-10(17)8-9-6-4-5-7-9/h9H,4-8H2,1-3H3,(H,16,17)(H2,14,15,18,19). The first-order valence-electron chi connectivity index (χ1n) is 6.69. The van der Waals surface area contributed by atoms with E-state index in [1.54, 1.807) is 20.9 Å². The molecule has 0 aromatic heterocycles. The van der Waals surface area contributed by atoms with Crippen molar-refractivity contribution in [3.05, 3.63) is 0 Å². The van der Waals surface area contributed by atoms with Gasteiger partial charge in [-0.2, -0.15) is 0 Å². The number of hydrogen-bond donors (Lipinski definition) is 3. The SMILES string of the molecule is CNC(=S)NC(=O)C(C)(C)NC(=O)CC1CCCC1. The lowest BCUT2D eigenvalue weighted by Crippen LogP contribution is -2.57. The van der Waals surface area contributed by atoms with Crippen LogP contribution in [-0.2, 0) is 9.59 Å². The molecule has 1 aliphatic rings. The molecule has 6 heteroatoms. The zero-order valence-corrected chi connectivity index (χ0v) is 12.7. The van der Waals surface area contributed by atoms with Gasteiger partial charge in [0.25, 0.3) is 5.91 Å². The summed E-state index contributed by atoms with van der Waals surface area (Å²) in [4.78, 5) is 23.9. The van der Waals surface area contributed by atoms with Crippen LogP contribution in [0.3, 0.4) is 0 Å². The van der Waals surface area contributed by atoms with Gasteiger partial charge in [-0.3, -0.25) is 9.59 Å². The van der Waals surface area contributed by atoms with Crippen molar-refractivity contribution in [1.82, 2.24) is 16.0 Å². The molecule has 0 aliphatic heterocycles. The molecule has 1 aliphatic carbocycles. The van der Waals surface area contributed by atoms with Crippen LogP contribution >= 0.6 is 12.2 Å². The largest absolute Gasteiger partial charge is 0.365 e. The predicted octanol–water partition coefficient (Wildman–Crippen LogP) is 1.08. The molecule has 0 unspecified atom stereocenters. The van der Waals surface area contributed by atoms with Gasteiger partial charge < -0.3 is 16.0 Å². The molecule has 3 N–H and O–H groups in total. The molecule has 0 radical (unpaired) electrons. The molecule has 0 atom stereocenters. The van der Waals surface area contributed by atoms with Crippen LogP contribution in [0.15, 0.2) is 0 Å². The van der Waals surface area contributed by atoms with E-state index in [4.69, 9.17) is 12.2 Å². The minimum atomic E-state index is -0.962. The Labute approximate surface area is 119 Å². The summed E-state index contributed by atoms with van der Waals surface area (Å²) in [6.07, 6.45) is 5.15. The third-order valence-electron chi connectivity index (χ3n) is 3.42. The van der Waals surface area contributed by atoms with E-state index in [0.717, 1.165) is 12.8 Å². The smallest absolute Gasteiger partial charge is 0.251 e. The molecule has 0 saturated heterocycles. The van der Waals surface area contributed by atoms with Crippen LogP contribution in [0.2, 0.25) is 0 Å². The van der Waals surface area contributed by atoms with Gasteiger partial charge in [0, 0.05) is 13.5 Å². The van der Waals surface area contributed by atoms with E-state index in [-0.39, 0.29) is 16.9 Å². The highest BCUT2D eigenvalue weighted by atomic mass is 32.1. The molecule has 2 amide bonds. The van der Waals surface area contributed by atoms with Gasteiger partial charge in [0.05, 0.1) is 0 Å². The number of rotatable bonds is 4. The minimum Gasteiger partial charge on any atom is -0.365 e. The number of amides is 2. The van der Waals surface area contributed by atoms with Crippen molar-refractivity contribution in [3.63, 3.8) is 0 Å². The normalized spacial score (nSPS) is 15.9. The lowest BCUT2D eigenvalue weighted by molar-refractivity contribution is -0.131. The number of nitrogens with one attached hydrogen (secondary N) is 3. The molecule has 0 aromatic carbocycles. The maximum atomic E-state index is 12.0. The number of carbonyl (C=O) groups excluding carboxylic acids is 2. The van der Waals surface area contributed by atoms with E-state index < -0.39 is 5.54 Å². The number of thiocarbonyl (C=S) groups is 1. The van der Waals surface area contributed by atoms with Crippen LogP contribution < -0.4 is 16.0 Å². The molecule has 0 spiro atoms. The van der Waals surface area contributed by atoms with Crippen molar-refractivity contribution >= 4 is 29.1 Å². The molecular weight excluding hydrogens is 262 g/mol. The molecule has 5 nitrogen and oxygen atoms in total. The van der Waals surface area contributed by atoms with Crippen molar-refractivity contribution in [2.45, 2.75) is 51.5 Å². The lowest BCUT2D eigenvalue weighted by atomic mass is 10.0. The Morgan fingerprint density at radius 2 is 1.84 bits per heavy atom. The average molecular weight is 285 g/mol. The first-order chi connectivity index (χ1) is 8.85. The van der Waals surface area contributed by atoms with Gasteiger partial charge in [0.15, 0.2) is 5.11 Å². The van der Waals surface area contributed by atoms with Crippen LogP contribution in [0.25, 0.3) is 0 Å². The van der Waals surface area contributed by atoms with Crippen molar-refractivity contribution in [1.29, 1.82) is 0 Å². The zero-order valence-electron chi connectivity index (χ0n) is 11.8. The maximum absolute atomic E-state index is 12.0. The summed E-state index contributed by atoms with van der Waals surface area (Å²) >= 11 is 4.87. The van der Waals surface area contributed by atoms with Gasteiger partial charge >= 0.3 is 0 Å². The third kappa shape index (κ3) is 5.14. The van der Waals surface area contributed by atoms with Gasteiger partial charge in [-0.05, 0) is 44.8 Å². The second-order valence-electron chi connectivity index (χ2n) is 5.56. The van der Waals surface area contributed by atoms with Gasteiger partial charge in [0.2, 0.25) is 5.91 Å². The predicted molar refractivity (Wildman–Crippen MR) is 78.6 cm³/mol. The van der Waals surface area contributed by atoms with Crippen molar-refractivity contribution in [2.24, 2.45) is 5.92 Å². The highest BCUT2D eigenvalue weighted by Crippen LogP contribution is 2.27. The Kier molecular flexibility index (Phi) is 5.72. The van der Waals surface area contributed by atoms with Gasteiger partial charge in [-0.15, -0.1) is 0 Å². The second-order valence-corrected chi connectivity index (χ2v) is 5.97. The fraction of sp³-hybridized carbons (Fsp3) is 0.769. The summed E-state index contributed by atoms with van der Waals surface area (Å²) in [5.41, 5.74) is -0.962. The van der Waals surface area contributed by atoms with Crippen molar-refractivity contribution < 1.29 is 9.59 Å². The Bertz CT molecular complexity index is 363. The number of hydrogen-bond acceptors (Lipinski definition) is 3. The molecule has 1 saturated carbocycles. The van der Waals surface area contributed by atoms with E-state index >= 15 is 0 Å². The lowest BCUT2D eigenvalue weighted by Gasteiger charge is -2.25. The van der Waals surface area contributed by atoms with Gasteiger partial charge in [-0.1, -0.05) is 12.8 Å². The molecule has 0 heterocycles. The fourth-order valence-electron chi connectivity index (χ4n) is 2.25. The van der Waals surface area contributed by atoms with Crippen LogP contribution in [0, 0.1) is 5.92 Å². The Morgan fingerprint density at radius 1 is 1.26 bits per heavy atom. The van der Waals surface area contributed by atoms with Crippen molar-refractivity contribution in [2.75, 3.05) is 7.05 Å². The maximum Gasteiger partial charge on any atom is 0.251 e. The average Bonchev–Trinajstić information content (AvgIpc) is 2.80. The molecule has 1 rings (SSSR count). The van der Waals surface area contributed by atoms with E-state index in [1.807, 2.05) is 0 Å². The number of carbonyl (C=O) groups is 2. The van der Waals surface area contributed by atoms with Gasteiger partial charge in [0.1, 0.15) is 5.54 Å². The Hall–Kier alpha value is -1.17. The summed E-state index contributed by atoms with van der Waals surface area (Å²) in [7, 11) is 1.63. The molecular formula is C13H23N3O2S. The summed E-state index contributed by atoms with van der Waals surface area (Å²) < 4.78 is 0. The van der Waals surface area contributed by atoms with Crippen LogP contribution in [-0.4, -0.2) is 29.5 Å². The molecule has 0 aromatic rings.